The summed E-state index contributed by atoms with van der Waals surface area (Å²) in [6.07, 6.45) is 4.88. The summed E-state index contributed by atoms with van der Waals surface area (Å²) in [5.74, 6) is -1.21. The molecule has 3 N–H and O–H groups in total. The topological polar surface area (TPSA) is 112 Å². The quantitative estimate of drug-likeness (QED) is 0.405. The molecule has 0 aromatic heterocycles. The van der Waals surface area contributed by atoms with E-state index in [0.717, 1.165) is 19.3 Å². The van der Waals surface area contributed by atoms with E-state index in [4.69, 9.17) is 5.11 Å². The summed E-state index contributed by atoms with van der Waals surface area (Å²) in [6.45, 7) is 2.09. The molecule has 1 fully saturated rings. The fourth-order valence-corrected chi connectivity index (χ4v) is 3.85. The Morgan fingerprint density at radius 1 is 0.808 bits per heavy atom. The van der Waals surface area contributed by atoms with Crippen molar-refractivity contribution in [1.29, 1.82) is 0 Å². The molecule has 4 atom stereocenters. The summed E-state index contributed by atoms with van der Waals surface area (Å²) in [5.41, 5.74) is 0. The van der Waals surface area contributed by atoms with Crippen molar-refractivity contribution in [2.24, 2.45) is 11.8 Å². The Hall–Kier alpha value is -1.27. The number of carbonyl (C=O) groups is 3. The summed E-state index contributed by atoms with van der Waals surface area (Å²) in [7, 11) is 0. The summed E-state index contributed by atoms with van der Waals surface area (Å²) in [6, 6.07) is 0. The second-order valence-electron chi connectivity index (χ2n) is 7.58. The van der Waals surface area contributed by atoms with Crippen LogP contribution in [0.15, 0.2) is 0 Å². The van der Waals surface area contributed by atoms with Crippen molar-refractivity contribution in [2.45, 2.75) is 96.2 Å². The SMILES string of the molecule is CCCCCC(=O)CC[C@@H]1[C@H](CC(=O)CCCCC(=O)O)[C@@H](O)C[C@H]1O. The average molecular weight is 370 g/mol. The number of aliphatic hydroxyl groups excluding tert-OH is 2. The van der Waals surface area contributed by atoms with Gasteiger partial charge >= 0.3 is 5.97 Å². The highest BCUT2D eigenvalue weighted by Crippen LogP contribution is 2.38. The van der Waals surface area contributed by atoms with E-state index in [0.29, 0.717) is 38.5 Å². The van der Waals surface area contributed by atoms with Crippen LogP contribution in [0.5, 0.6) is 0 Å². The Morgan fingerprint density at radius 3 is 2.04 bits per heavy atom. The third kappa shape index (κ3) is 8.41. The van der Waals surface area contributed by atoms with Crippen LogP contribution in [-0.4, -0.2) is 45.1 Å². The highest BCUT2D eigenvalue weighted by atomic mass is 16.4. The summed E-state index contributed by atoms with van der Waals surface area (Å²) in [4.78, 5) is 34.6. The number of carboxylic acids is 1. The van der Waals surface area contributed by atoms with Crippen molar-refractivity contribution in [1.82, 2.24) is 0 Å². The molecule has 0 unspecified atom stereocenters. The van der Waals surface area contributed by atoms with Crippen molar-refractivity contribution in [3.8, 4) is 0 Å². The van der Waals surface area contributed by atoms with Gasteiger partial charge in [-0.1, -0.05) is 19.8 Å². The first-order valence-electron chi connectivity index (χ1n) is 9.96. The van der Waals surface area contributed by atoms with Crippen LogP contribution in [-0.2, 0) is 14.4 Å². The van der Waals surface area contributed by atoms with E-state index >= 15 is 0 Å². The monoisotopic (exact) mass is 370 g/mol. The number of aliphatic hydroxyl groups is 2. The van der Waals surface area contributed by atoms with Gasteiger partial charge in [0.1, 0.15) is 11.6 Å². The van der Waals surface area contributed by atoms with Crippen LogP contribution in [0.1, 0.15) is 84.0 Å². The van der Waals surface area contributed by atoms with Crippen molar-refractivity contribution in [3.05, 3.63) is 0 Å². The first kappa shape index (κ1) is 22.8. The Balaban J connectivity index is 2.42. The molecule has 0 aliphatic heterocycles. The predicted molar refractivity (Wildman–Crippen MR) is 97.7 cm³/mol. The van der Waals surface area contributed by atoms with Crippen LogP contribution in [0.3, 0.4) is 0 Å². The van der Waals surface area contributed by atoms with E-state index < -0.39 is 18.2 Å². The normalized spacial score (nSPS) is 25.3. The third-order valence-electron chi connectivity index (χ3n) is 5.40. The molecule has 26 heavy (non-hydrogen) atoms. The van der Waals surface area contributed by atoms with Gasteiger partial charge in [0.2, 0.25) is 0 Å². The standard InChI is InChI=1S/C20H34O6/c1-2-3-4-7-14(21)10-11-16-17(19(24)13-18(16)23)12-15(22)8-5-6-9-20(25)26/h16-19,23-24H,2-13H2,1H3,(H,25,26)/t16-,17+,18-,19+/m1/s1. The molecule has 1 aliphatic carbocycles. The van der Waals surface area contributed by atoms with Crippen molar-refractivity contribution in [3.63, 3.8) is 0 Å². The maximum absolute atomic E-state index is 12.1. The number of rotatable bonds is 14. The summed E-state index contributed by atoms with van der Waals surface area (Å²) >= 11 is 0. The first-order valence-corrected chi connectivity index (χ1v) is 9.96. The fourth-order valence-electron chi connectivity index (χ4n) is 3.85. The molecular formula is C20H34O6. The smallest absolute Gasteiger partial charge is 0.303 e. The Labute approximate surface area is 156 Å². The van der Waals surface area contributed by atoms with Crippen LogP contribution in [0.2, 0.25) is 0 Å². The van der Waals surface area contributed by atoms with E-state index in [2.05, 4.69) is 6.92 Å². The van der Waals surface area contributed by atoms with E-state index in [1.54, 1.807) is 0 Å². The highest BCUT2D eigenvalue weighted by molar-refractivity contribution is 5.79. The van der Waals surface area contributed by atoms with Crippen LogP contribution in [0.25, 0.3) is 0 Å². The maximum Gasteiger partial charge on any atom is 0.303 e. The lowest BCUT2D eigenvalue weighted by Gasteiger charge is -2.22. The third-order valence-corrected chi connectivity index (χ3v) is 5.40. The number of hydrogen-bond donors (Lipinski definition) is 3. The van der Waals surface area contributed by atoms with Gasteiger partial charge in [-0.05, 0) is 43.9 Å². The number of unbranched alkanes of at least 4 members (excludes halogenated alkanes) is 3. The van der Waals surface area contributed by atoms with Gasteiger partial charge in [-0.25, -0.2) is 0 Å². The van der Waals surface area contributed by atoms with Crippen LogP contribution >= 0.6 is 0 Å². The number of aliphatic carboxylic acids is 1. The van der Waals surface area contributed by atoms with E-state index in [9.17, 15) is 24.6 Å². The second-order valence-corrected chi connectivity index (χ2v) is 7.58. The van der Waals surface area contributed by atoms with Crippen LogP contribution < -0.4 is 0 Å². The molecule has 0 spiro atoms. The second kappa shape index (κ2) is 12.2. The van der Waals surface area contributed by atoms with Gasteiger partial charge in [0, 0.05) is 32.1 Å². The van der Waals surface area contributed by atoms with Gasteiger partial charge < -0.3 is 15.3 Å². The van der Waals surface area contributed by atoms with Gasteiger partial charge in [0.15, 0.2) is 0 Å². The molecule has 0 aromatic carbocycles. The first-order chi connectivity index (χ1) is 12.3. The van der Waals surface area contributed by atoms with E-state index in [1.807, 2.05) is 0 Å². The average Bonchev–Trinajstić information content (AvgIpc) is 2.83. The molecule has 0 amide bonds. The van der Waals surface area contributed by atoms with Gasteiger partial charge in [0.05, 0.1) is 12.2 Å². The summed E-state index contributed by atoms with van der Waals surface area (Å²) in [5, 5.41) is 29.0. The van der Waals surface area contributed by atoms with Gasteiger partial charge in [-0.2, -0.15) is 0 Å². The van der Waals surface area contributed by atoms with Crippen molar-refractivity contribution in [2.75, 3.05) is 0 Å². The molecule has 0 heterocycles. The minimum absolute atomic E-state index is 0.00666. The molecule has 0 bridgehead atoms. The number of hydrogen-bond acceptors (Lipinski definition) is 5. The molecule has 6 heteroatoms. The molecule has 1 rings (SSSR count). The fraction of sp³-hybridized carbons (Fsp3) is 0.850. The minimum atomic E-state index is -0.865. The largest absolute Gasteiger partial charge is 0.481 e. The molecule has 150 valence electrons. The molecule has 6 nitrogen and oxygen atoms in total. The van der Waals surface area contributed by atoms with Gasteiger partial charge in [-0.3, -0.25) is 14.4 Å². The number of Topliss-reactive ketones (excluding diaryl/α,β-unsaturated/α-hetero) is 2. The van der Waals surface area contributed by atoms with E-state index in [1.165, 1.54) is 0 Å². The summed E-state index contributed by atoms with van der Waals surface area (Å²) < 4.78 is 0. The number of ketones is 2. The zero-order valence-electron chi connectivity index (χ0n) is 15.9. The molecule has 0 saturated heterocycles. The zero-order chi connectivity index (χ0) is 19.5. The number of carbonyl (C=O) groups excluding carboxylic acids is 2. The molecule has 1 aliphatic rings. The molecular weight excluding hydrogens is 336 g/mol. The lowest BCUT2D eigenvalue weighted by molar-refractivity contribution is -0.137. The Morgan fingerprint density at radius 2 is 1.38 bits per heavy atom. The maximum atomic E-state index is 12.1. The predicted octanol–water partition coefficient (Wildman–Crippen LogP) is 2.88. The Kier molecular flexibility index (Phi) is 10.7. The van der Waals surface area contributed by atoms with E-state index in [-0.39, 0.29) is 42.7 Å². The van der Waals surface area contributed by atoms with Crippen LogP contribution in [0.4, 0.5) is 0 Å². The lowest BCUT2D eigenvalue weighted by Crippen LogP contribution is -2.25. The highest BCUT2D eigenvalue weighted by Gasteiger charge is 2.42. The minimum Gasteiger partial charge on any atom is -0.481 e. The Bertz CT molecular complexity index is 461. The number of carboxylic acid groups (broad SMARTS) is 1. The van der Waals surface area contributed by atoms with Crippen molar-refractivity contribution >= 4 is 17.5 Å². The van der Waals surface area contributed by atoms with Gasteiger partial charge in [0.25, 0.3) is 0 Å². The lowest BCUT2D eigenvalue weighted by atomic mass is 9.84. The molecule has 1 saturated carbocycles. The van der Waals surface area contributed by atoms with Crippen molar-refractivity contribution < 1.29 is 29.7 Å². The van der Waals surface area contributed by atoms with Crippen LogP contribution in [0, 0.1) is 11.8 Å². The molecule has 0 radical (unpaired) electrons. The van der Waals surface area contributed by atoms with Gasteiger partial charge in [-0.15, -0.1) is 0 Å². The molecule has 0 aromatic rings. The zero-order valence-corrected chi connectivity index (χ0v) is 15.9.